The molecule has 1 aromatic rings. The van der Waals surface area contributed by atoms with E-state index in [2.05, 4.69) is 33.9 Å². The van der Waals surface area contributed by atoms with Crippen molar-refractivity contribution in [2.75, 3.05) is 60.0 Å². The molecule has 4 aliphatic rings. The number of carbonyl (C=O) groups is 1. The fourth-order valence-corrected chi connectivity index (χ4v) is 5.96. The van der Waals surface area contributed by atoms with Crippen LogP contribution in [0.5, 0.6) is 0 Å². The van der Waals surface area contributed by atoms with Gasteiger partial charge in [-0.25, -0.2) is 0 Å². The fourth-order valence-electron chi connectivity index (χ4n) is 5.96. The lowest BCUT2D eigenvalue weighted by molar-refractivity contribution is -0.141. The number of ether oxygens (including phenoxy) is 1. The number of amides is 1. The van der Waals surface area contributed by atoms with E-state index in [0.717, 1.165) is 89.3 Å². The van der Waals surface area contributed by atoms with Crippen molar-refractivity contribution in [3.63, 3.8) is 0 Å². The Morgan fingerprint density at radius 3 is 2.74 bits per heavy atom. The summed E-state index contributed by atoms with van der Waals surface area (Å²) in [5, 5.41) is 0. The van der Waals surface area contributed by atoms with E-state index in [1.54, 1.807) is 7.11 Å². The van der Waals surface area contributed by atoms with E-state index in [1.165, 1.54) is 0 Å². The van der Waals surface area contributed by atoms with E-state index in [0.29, 0.717) is 12.5 Å². The van der Waals surface area contributed by atoms with Gasteiger partial charge in [-0.3, -0.25) is 14.5 Å². The molecule has 0 radical (unpaired) electrons. The number of nitrogens with zero attached hydrogens (tertiary/aromatic N) is 4. The molecule has 1 aromatic heterocycles. The van der Waals surface area contributed by atoms with Crippen molar-refractivity contribution in [2.24, 2.45) is 11.3 Å². The SMILES string of the molecule is COCC1(C(=O)N2C[C@@H]3C[C@H](C2)c2ccc(CN4CCCN(C)CC4)c(=O)n2C3)CC1. The molecular formula is C24H36N4O3. The summed E-state index contributed by atoms with van der Waals surface area (Å²) < 4.78 is 7.37. The first-order valence-corrected chi connectivity index (χ1v) is 11.9. The monoisotopic (exact) mass is 428 g/mol. The molecule has 0 unspecified atom stereocenters. The molecule has 2 atom stereocenters. The lowest BCUT2D eigenvalue weighted by atomic mass is 9.82. The van der Waals surface area contributed by atoms with E-state index in [9.17, 15) is 9.59 Å². The van der Waals surface area contributed by atoms with E-state index >= 15 is 0 Å². The average Bonchev–Trinajstić information content (AvgIpc) is 3.56. The number of piperidine rings is 1. The topological polar surface area (TPSA) is 58.0 Å². The second-order valence-electron chi connectivity index (χ2n) is 10.4. The van der Waals surface area contributed by atoms with Gasteiger partial charge in [-0.2, -0.15) is 0 Å². The van der Waals surface area contributed by atoms with Crippen LogP contribution in [0, 0.1) is 11.3 Å². The van der Waals surface area contributed by atoms with Crippen molar-refractivity contribution in [2.45, 2.75) is 44.7 Å². The van der Waals surface area contributed by atoms with Gasteiger partial charge in [0.25, 0.3) is 5.56 Å². The van der Waals surface area contributed by atoms with Gasteiger partial charge in [0, 0.05) is 63.6 Å². The predicted octanol–water partition coefficient (Wildman–Crippen LogP) is 1.36. The van der Waals surface area contributed by atoms with Crippen molar-refractivity contribution in [3.8, 4) is 0 Å². The summed E-state index contributed by atoms with van der Waals surface area (Å²) in [5.41, 5.74) is 1.95. The van der Waals surface area contributed by atoms with E-state index in [-0.39, 0.29) is 22.8 Å². The maximum atomic E-state index is 13.4. The van der Waals surface area contributed by atoms with Gasteiger partial charge < -0.3 is 19.1 Å². The Bertz CT molecular complexity index is 893. The first-order valence-electron chi connectivity index (χ1n) is 11.9. The summed E-state index contributed by atoms with van der Waals surface area (Å²) in [4.78, 5) is 33.4. The molecule has 5 rings (SSSR count). The average molecular weight is 429 g/mol. The van der Waals surface area contributed by atoms with Crippen LogP contribution in [0.25, 0.3) is 0 Å². The van der Waals surface area contributed by atoms with Crippen molar-refractivity contribution in [1.82, 2.24) is 19.3 Å². The Balaban J connectivity index is 1.32. The number of hydrogen-bond acceptors (Lipinski definition) is 5. The van der Waals surface area contributed by atoms with Gasteiger partial charge >= 0.3 is 0 Å². The van der Waals surface area contributed by atoms with Crippen LogP contribution in [0.15, 0.2) is 16.9 Å². The molecule has 1 aliphatic carbocycles. The smallest absolute Gasteiger partial charge is 0.255 e. The number of hydrogen-bond donors (Lipinski definition) is 0. The third-order valence-corrected chi connectivity index (χ3v) is 7.90. The van der Waals surface area contributed by atoms with Gasteiger partial charge in [0.05, 0.1) is 12.0 Å². The third kappa shape index (κ3) is 4.08. The minimum Gasteiger partial charge on any atom is -0.384 e. The van der Waals surface area contributed by atoms with Crippen molar-refractivity contribution in [3.05, 3.63) is 33.7 Å². The summed E-state index contributed by atoms with van der Waals surface area (Å²) in [6, 6.07) is 4.22. The lowest BCUT2D eigenvalue weighted by Crippen LogP contribution is -2.51. The Hall–Kier alpha value is -1.70. The summed E-state index contributed by atoms with van der Waals surface area (Å²) in [7, 11) is 3.85. The highest BCUT2D eigenvalue weighted by molar-refractivity contribution is 5.85. The molecule has 4 heterocycles. The highest BCUT2D eigenvalue weighted by Gasteiger charge is 2.53. The Morgan fingerprint density at radius 2 is 1.97 bits per heavy atom. The van der Waals surface area contributed by atoms with Crippen LogP contribution in [0.2, 0.25) is 0 Å². The molecule has 1 amide bonds. The number of aromatic nitrogens is 1. The zero-order valence-electron chi connectivity index (χ0n) is 19.0. The van der Waals surface area contributed by atoms with Crippen molar-refractivity contribution >= 4 is 5.91 Å². The Kier molecular flexibility index (Phi) is 5.69. The summed E-state index contributed by atoms with van der Waals surface area (Å²) >= 11 is 0. The molecule has 0 N–H and O–H groups in total. The van der Waals surface area contributed by atoms with Crippen LogP contribution >= 0.6 is 0 Å². The molecule has 2 saturated heterocycles. The molecule has 0 aromatic carbocycles. The third-order valence-electron chi connectivity index (χ3n) is 7.90. The van der Waals surface area contributed by atoms with Crippen LogP contribution in [0.3, 0.4) is 0 Å². The van der Waals surface area contributed by atoms with Crippen molar-refractivity contribution < 1.29 is 9.53 Å². The highest BCUT2D eigenvalue weighted by Crippen LogP contribution is 2.48. The molecule has 1 saturated carbocycles. The molecular weight excluding hydrogens is 392 g/mol. The zero-order valence-corrected chi connectivity index (χ0v) is 19.0. The maximum absolute atomic E-state index is 13.4. The van der Waals surface area contributed by atoms with Gasteiger partial charge in [-0.1, -0.05) is 6.07 Å². The minimum atomic E-state index is -0.273. The molecule has 31 heavy (non-hydrogen) atoms. The molecule has 2 bridgehead atoms. The van der Waals surface area contributed by atoms with E-state index in [4.69, 9.17) is 4.74 Å². The number of carbonyl (C=O) groups excluding carboxylic acids is 1. The Morgan fingerprint density at radius 1 is 1.13 bits per heavy atom. The fraction of sp³-hybridized carbons (Fsp3) is 0.750. The van der Waals surface area contributed by atoms with E-state index in [1.807, 2.05) is 4.57 Å². The number of fused-ring (bicyclic) bond motifs is 4. The molecule has 7 heteroatoms. The lowest BCUT2D eigenvalue weighted by Gasteiger charge is -2.44. The second-order valence-corrected chi connectivity index (χ2v) is 10.4. The Labute approximate surface area is 184 Å². The van der Waals surface area contributed by atoms with Crippen LogP contribution in [-0.2, 0) is 22.6 Å². The number of rotatable bonds is 5. The van der Waals surface area contributed by atoms with Crippen LogP contribution in [0.1, 0.15) is 42.9 Å². The van der Waals surface area contributed by atoms with Gasteiger partial charge in [0.1, 0.15) is 0 Å². The van der Waals surface area contributed by atoms with Gasteiger partial charge in [0.15, 0.2) is 0 Å². The molecule has 170 valence electrons. The zero-order chi connectivity index (χ0) is 21.6. The van der Waals surface area contributed by atoms with Gasteiger partial charge in [0.2, 0.25) is 5.91 Å². The number of methoxy groups -OCH3 is 1. The van der Waals surface area contributed by atoms with Gasteiger partial charge in [-0.15, -0.1) is 0 Å². The quantitative estimate of drug-likeness (QED) is 0.709. The summed E-state index contributed by atoms with van der Waals surface area (Å²) in [6.45, 7) is 7.78. The summed E-state index contributed by atoms with van der Waals surface area (Å²) in [6.07, 6.45) is 4.12. The van der Waals surface area contributed by atoms with E-state index < -0.39 is 0 Å². The second kappa shape index (κ2) is 8.34. The molecule has 3 aliphatic heterocycles. The predicted molar refractivity (Wildman–Crippen MR) is 119 cm³/mol. The number of pyridine rings is 1. The van der Waals surface area contributed by atoms with Crippen LogP contribution < -0.4 is 5.56 Å². The first kappa shape index (κ1) is 21.2. The molecule has 7 nitrogen and oxygen atoms in total. The van der Waals surface area contributed by atoms with Crippen molar-refractivity contribution in [1.29, 1.82) is 0 Å². The minimum absolute atomic E-state index is 0.183. The largest absolute Gasteiger partial charge is 0.384 e. The highest BCUT2D eigenvalue weighted by atomic mass is 16.5. The molecule has 0 spiro atoms. The normalized spacial score (nSPS) is 28.1. The number of likely N-dealkylation sites (tertiary alicyclic amines) is 1. The summed E-state index contributed by atoms with van der Waals surface area (Å²) in [5.74, 6) is 0.902. The van der Waals surface area contributed by atoms with Gasteiger partial charge in [-0.05, 0) is 57.8 Å². The molecule has 3 fully saturated rings. The maximum Gasteiger partial charge on any atom is 0.255 e. The first-order chi connectivity index (χ1) is 15.0. The van der Waals surface area contributed by atoms with Crippen LogP contribution in [-0.4, -0.2) is 85.2 Å². The van der Waals surface area contributed by atoms with Crippen LogP contribution in [0.4, 0.5) is 0 Å². The number of likely N-dealkylation sites (N-methyl/N-ethyl adjacent to an activating group) is 1. The standard InChI is InChI=1S/C24H36N4O3/c1-25-8-3-9-26(11-10-25)15-19-4-5-21-20-12-18(14-28(21)22(19)29)13-27(16-20)23(30)24(6-7-24)17-31-2/h4-5,18,20H,3,6-17H2,1-2H3/t18-,20+/m0/s1.